The third-order valence-corrected chi connectivity index (χ3v) is 3.68. The van der Waals surface area contributed by atoms with E-state index in [0.29, 0.717) is 6.42 Å². The number of carbonyl (C=O) groups excluding carboxylic acids is 1. The highest BCUT2D eigenvalue weighted by molar-refractivity contribution is 8.93. The van der Waals surface area contributed by atoms with Crippen molar-refractivity contribution in [2.24, 2.45) is 0 Å². The Morgan fingerprint density at radius 1 is 1.35 bits per heavy atom. The molecule has 0 atom stereocenters. The average Bonchev–Trinajstić information content (AvgIpc) is 2.84. The SMILES string of the molecule is Br.CC(=O)CCCNc1nc(-c2ccc(Cl)cc2)cs1. The van der Waals surface area contributed by atoms with Gasteiger partial charge in [0, 0.05) is 28.9 Å². The van der Waals surface area contributed by atoms with Gasteiger partial charge in [0.15, 0.2) is 5.13 Å². The number of aromatic nitrogens is 1. The van der Waals surface area contributed by atoms with E-state index in [4.69, 9.17) is 11.6 Å². The van der Waals surface area contributed by atoms with Crippen LogP contribution < -0.4 is 5.32 Å². The summed E-state index contributed by atoms with van der Waals surface area (Å²) < 4.78 is 0. The summed E-state index contributed by atoms with van der Waals surface area (Å²) in [5.41, 5.74) is 1.99. The van der Waals surface area contributed by atoms with Gasteiger partial charge in [-0.3, -0.25) is 0 Å². The lowest BCUT2D eigenvalue weighted by Gasteiger charge is -2.00. The third-order valence-electron chi connectivity index (χ3n) is 2.63. The number of nitrogens with zero attached hydrogens (tertiary/aromatic N) is 1. The number of nitrogens with one attached hydrogen (secondary N) is 1. The topological polar surface area (TPSA) is 42.0 Å². The fourth-order valence-corrected chi connectivity index (χ4v) is 2.52. The highest BCUT2D eigenvalue weighted by atomic mass is 79.9. The first-order chi connectivity index (χ1) is 9.15. The number of ketones is 1. The van der Waals surface area contributed by atoms with Crippen LogP contribution in [0.1, 0.15) is 19.8 Å². The quantitative estimate of drug-likeness (QED) is 0.736. The lowest BCUT2D eigenvalue weighted by molar-refractivity contribution is -0.117. The van der Waals surface area contributed by atoms with Crippen molar-refractivity contribution < 1.29 is 4.79 Å². The van der Waals surface area contributed by atoms with Gasteiger partial charge in [-0.2, -0.15) is 0 Å². The molecule has 0 saturated heterocycles. The van der Waals surface area contributed by atoms with Crippen LogP contribution >= 0.6 is 39.9 Å². The van der Waals surface area contributed by atoms with Crippen molar-refractivity contribution in [3.05, 3.63) is 34.7 Å². The molecule has 6 heteroatoms. The molecule has 2 aromatic rings. The molecule has 1 aromatic carbocycles. The summed E-state index contributed by atoms with van der Waals surface area (Å²) >= 11 is 7.42. The molecule has 2 rings (SSSR count). The first kappa shape index (κ1) is 17.1. The molecule has 108 valence electrons. The summed E-state index contributed by atoms with van der Waals surface area (Å²) in [6.07, 6.45) is 1.45. The van der Waals surface area contributed by atoms with Crippen molar-refractivity contribution in [2.45, 2.75) is 19.8 Å². The molecule has 1 heterocycles. The molecule has 0 saturated carbocycles. The van der Waals surface area contributed by atoms with Crippen LogP contribution in [0.3, 0.4) is 0 Å². The number of rotatable bonds is 6. The Kier molecular flexibility index (Phi) is 7.19. The van der Waals surface area contributed by atoms with Gasteiger partial charge in [0.2, 0.25) is 0 Å². The maximum atomic E-state index is 10.8. The fraction of sp³-hybridized carbons (Fsp3) is 0.286. The van der Waals surface area contributed by atoms with Gasteiger partial charge in [0.1, 0.15) is 5.78 Å². The van der Waals surface area contributed by atoms with Crippen molar-refractivity contribution in [2.75, 3.05) is 11.9 Å². The zero-order valence-corrected chi connectivity index (χ0v) is 14.3. The van der Waals surface area contributed by atoms with Crippen LogP contribution in [0.2, 0.25) is 5.02 Å². The standard InChI is InChI=1S/C14H15ClN2OS.BrH/c1-10(18)3-2-8-16-14-17-13(9-19-14)11-4-6-12(15)7-5-11;/h4-7,9H,2-3,8H2,1H3,(H,16,17);1H. The van der Waals surface area contributed by atoms with Crippen molar-refractivity contribution in [3.63, 3.8) is 0 Å². The largest absolute Gasteiger partial charge is 0.361 e. The molecular formula is C14H16BrClN2OS. The summed E-state index contributed by atoms with van der Waals surface area (Å²) in [4.78, 5) is 15.3. The second-order valence-electron chi connectivity index (χ2n) is 4.28. The van der Waals surface area contributed by atoms with E-state index in [1.165, 1.54) is 0 Å². The van der Waals surface area contributed by atoms with E-state index in [0.717, 1.165) is 34.4 Å². The molecule has 20 heavy (non-hydrogen) atoms. The average molecular weight is 376 g/mol. The van der Waals surface area contributed by atoms with Crippen molar-refractivity contribution in [1.29, 1.82) is 0 Å². The number of halogens is 2. The van der Waals surface area contributed by atoms with Crippen molar-refractivity contribution in [1.82, 2.24) is 4.98 Å². The molecule has 1 aromatic heterocycles. The Morgan fingerprint density at radius 3 is 2.70 bits per heavy atom. The molecule has 1 N–H and O–H groups in total. The molecule has 0 unspecified atom stereocenters. The molecule has 0 radical (unpaired) electrons. The number of Topliss-reactive ketones (excluding diaryl/α,β-unsaturated/α-hetero) is 1. The van der Waals surface area contributed by atoms with E-state index in [-0.39, 0.29) is 22.8 Å². The molecule has 0 aliphatic carbocycles. The Labute approximate surface area is 138 Å². The van der Waals surface area contributed by atoms with Crippen LogP contribution in [0.5, 0.6) is 0 Å². The van der Waals surface area contributed by atoms with Gasteiger partial charge in [-0.05, 0) is 25.5 Å². The normalized spacial score (nSPS) is 9.90. The summed E-state index contributed by atoms with van der Waals surface area (Å²) in [7, 11) is 0. The second kappa shape index (κ2) is 8.39. The molecule has 0 spiro atoms. The number of benzene rings is 1. The summed E-state index contributed by atoms with van der Waals surface area (Å²) in [5.74, 6) is 0.225. The van der Waals surface area contributed by atoms with E-state index in [2.05, 4.69) is 10.3 Å². The first-order valence-electron chi connectivity index (χ1n) is 6.10. The summed E-state index contributed by atoms with van der Waals surface area (Å²) in [6, 6.07) is 7.63. The Hall–Kier alpha value is -0.910. The molecule has 3 nitrogen and oxygen atoms in total. The summed E-state index contributed by atoms with van der Waals surface area (Å²) in [6.45, 7) is 2.38. The predicted molar refractivity (Wildman–Crippen MR) is 91.3 cm³/mol. The number of hydrogen-bond acceptors (Lipinski definition) is 4. The molecule has 0 bridgehead atoms. The third kappa shape index (κ3) is 5.23. The monoisotopic (exact) mass is 374 g/mol. The number of carbonyl (C=O) groups is 1. The zero-order valence-electron chi connectivity index (χ0n) is 11.1. The predicted octanol–water partition coefficient (Wildman–Crippen LogP) is 4.82. The van der Waals surface area contributed by atoms with Crippen LogP contribution in [-0.4, -0.2) is 17.3 Å². The van der Waals surface area contributed by atoms with E-state index in [9.17, 15) is 4.79 Å². The molecule has 0 aliphatic heterocycles. The van der Waals surface area contributed by atoms with Gasteiger partial charge >= 0.3 is 0 Å². The highest BCUT2D eigenvalue weighted by Crippen LogP contribution is 2.25. The zero-order chi connectivity index (χ0) is 13.7. The molecular weight excluding hydrogens is 360 g/mol. The Balaban J connectivity index is 0.00000200. The lowest BCUT2D eigenvalue weighted by atomic mass is 10.2. The minimum absolute atomic E-state index is 0. The molecule has 0 fully saturated rings. The number of thiazole rings is 1. The van der Waals surface area contributed by atoms with Crippen molar-refractivity contribution >= 4 is 50.8 Å². The smallest absolute Gasteiger partial charge is 0.183 e. The molecule has 0 amide bonds. The van der Waals surface area contributed by atoms with Crippen molar-refractivity contribution in [3.8, 4) is 11.3 Å². The maximum absolute atomic E-state index is 10.8. The van der Waals surface area contributed by atoms with E-state index >= 15 is 0 Å². The number of hydrogen-bond donors (Lipinski definition) is 1. The number of anilines is 1. The second-order valence-corrected chi connectivity index (χ2v) is 5.57. The van der Waals surface area contributed by atoms with Crippen LogP contribution in [0, 0.1) is 0 Å². The van der Waals surface area contributed by atoms with Gasteiger partial charge in [0.05, 0.1) is 5.69 Å². The van der Waals surface area contributed by atoms with Gasteiger partial charge in [-0.25, -0.2) is 4.98 Å². The van der Waals surface area contributed by atoms with Crippen LogP contribution in [0.15, 0.2) is 29.6 Å². The van der Waals surface area contributed by atoms with E-state index < -0.39 is 0 Å². The van der Waals surface area contributed by atoms with Gasteiger partial charge in [0.25, 0.3) is 0 Å². The lowest BCUT2D eigenvalue weighted by Crippen LogP contribution is -2.03. The minimum Gasteiger partial charge on any atom is -0.361 e. The fourth-order valence-electron chi connectivity index (χ4n) is 1.64. The van der Waals surface area contributed by atoms with Crippen LogP contribution in [-0.2, 0) is 4.79 Å². The Bertz CT molecular complexity index is 557. The minimum atomic E-state index is 0. The molecule has 0 aliphatic rings. The van der Waals surface area contributed by atoms with Gasteiger partial charge in [-0.15, -0.1) is 28.3 Å². The van der Waals surface area contributed by atoms with E-state index in [1.54, 1.807) is 18.3 Å². The van der Waals surface area contributed by atoms with Crippen LogP contribution in [0.25, 0.3) is 11.3 Å². The highest BCUT2D eigenvalue weighted by Gasteiger charge is 2.04. The van der Waals surface area contributed by atoms with E-state index in [1.807, 2.05) is 29.6 Å². The first-order valence-corrected chi connectivity index (χ1v) is 7.35. The maximum Gasteiger partial charge on any atom is 0.183 e. The van der Waals surface area contributed by atoms with Gasteiger partial charge in [-0.1, -0.05) is 23.7 Å². The Morgan fingerprint density at radius 2 is 2.05 bits per heavy atom. The van der Waals surface area contributed by atoms with Gasteiger partial charge < -0.3 is 10.1 Å². The summed E-state index contributed by atoms with van der Waals surface area (Å²) in [5, 5.41) is 6.85. The van der Waals surface area contributed by atoms with Crippen LogP contribution in [0.4, 0.5) is 5.13 Å².